The molecule has 0 saturated carbocycles. The number of pyridine rings is 1. The number of rotatable bonds is 3. The molecule has 2 aromatic heterocycles. The molecule has 0 atom stereocenters. The van der Waals surface area contributed by atoms with Crippen LogP contribution in [0.2, 0.25) is 0 Å². The lowest BCUT2D eigenvalue weighted by Gasteiger charge is -2.29. The van der Waals surface area contributed by atoms with Crippen molar-refractivity contribution in [2.75, 3.05) is 6.73 Å². The lowest BCUT2D eigenvalue weighted by atomic mass is 9.99. The molecule has 0 saturated heterocycles. The average Bonchev–Trinajstić information content (AvgIpc) is 2.74. The van der Waals surface area contributed by atoms with Gasteiger partial charge in [0, 0.05) is 30.7 Å². The highest BCUT2D eigenvalue weighted by Gasteiger charge is 2.23. The molecule has 5 heteroatoms. The van der Waals surface area contributed by atoms with Gasteiger partial charge in [-0.15, -0.1) is 0 Å². The van der Waals surface area contributed by atoms with Crippen LogP contribution < -0.4 is 10.4 Å². The Hall–Kier alpha value is -3.44. The van der Waals surface area contributed by atoms with Gasteiger partial charge < -0.3 is 9.15 Å². The number of ether oxygens (including phenoxy) is 1. The Morgan fingerprint density at radius 2 is 1.86 bits per heavy atom. The second kappa shape index (κ2) is 6.94. The van der Waals surface area contributed by atoms with Gasteiger partial charge in [-0.1, -0.05) is 36.4 Å². The molecule has 0 amide bonds. The molecule has 0 aliphatic carbocycles. The normalized spacial score (nSPS) is 13.9. The fraction of sp³-hybridized carbons (Fsp3) is 0.130. The second-order valence-electron chi connectivity index (χ2n) is 6.85. The molecule has 138 valence electrons. The van der Waals surface area contributed by atoms with Crippen molar-refractivity contribution in [1.29, 1.82) is 0 Å². The summed E-state index contributed by atoms with van der Waals surface area (Å²) >= 11 is 0. The molecule has 2 aromatic carbocycles. The van der Waals surface area contributed by atoms with Crippen LogP contribution in [0.5, 0.6) is 5.75 Å². The average molecular weight is 370 g/mol. The number of aromatic nitrogens is 1. The molecule has 1 aliphatic heterocycles. The van der Waals surface area contributed by atoms with Crippen molar-refractivity contribution in [2.24, 2.45) is 0 Å². The summed E-state index contributed by atoms with van der Waals surface area (Å²) in [6, 6.07) is 21.2. The smallest absolute Gasteiger partial charge is 0.336 e. The Morgan fingerprint density at radius 3 is 2.68 bits per heavy atom. The molecule has 1 aliphatic rings. The van der Waals surface area contributed by atoms with Crippen molar-refractivity contribution in [1.82, 2.24) is 9.88 Å². The predicted octanol–water partition coefficient (Wildman–Crippen LogP) is 4.21. The molecule has 4 aromatic rings. The van der Waals surface area contributed by atoms with Gasteiger partial charge in [-0.05, 0) is 35.4 Å². The van der Waals surface area contributed by atoms with E-state index in [-0.39, 0.29) is 5.63 Å². The first-order valence-corrected chi connectivity index (χ1v) is 9.18. The first-order chi connectivity index (χ1) is 13.8. The van der Waals surface area contributed by atoms with Gasteiger partial charge in [-0.2, -0.15) is 0 Å². The van der Waals surface area contributed by atoms with Crippen molar-refractivity contribution < 1.29 is 9.15 Å². The van der Waals surface area contributed by atoms with E-state index < -0.39 is 0 Å². The molecule has 0 unspecified atom stereocenters. The minimum atomic E-state index is -0.360. The molecule has 0 spiro atoms. The molecule has 5 rings (SSSR count). The summed E-state index contributed by atoms with van der Waals surface area (Å²) < 4.78 is 11.6. The second-order valence-corrected chi connectivity index (χ2v) is 6.85. The van der Waals surface area contributed by atoms with Crippen LogP contribution in [0.3, 0.4) is 0 Å². The van der Waals surface area contributed by atoms with Gasteiger partial charge in [0.05, 0.1) is 11.3 Å². The summed E-state index contributed by atoms with van der Waals surface area (Å²) in [5.74, 6) is 0.762. The van der Waals surface area contributed by atoms with Crippen molar-refractivity contribution in [3.05, 3.63) is 94.6 Å². The summed E-state index contributed by atoms with van der Waals surface area (Å²) in [6.07, 6.45) is 1.79. The third-order valence-corrected chi connectivity index (χ3v) is 4.95. The molecular formula is C23H18N2O3. The Bertz CT molecular complexity index is 1190. The molecule has 0 bridgehead atoms. The van der Waals surface area contributed by atoms with E-state index in [2.05, 4.69) is 9.88 Å². The molecular weight excluding hydrogens is 352 g/mol. The van der Waals surface area contributed by atoms with E-state index in [1.807, 2.05) is 60.7 Å². The summed E-state index contributed by atoms with van der Waals surface area (Å²) in [5, 5.41) is 0.910. The zero-order chi connectivity index (χ0) is 18.9. The van der Waals surface area contributed by atoms with Crippen LogP contribution in [-0.2, 0) is 13.1 Å². The van der Waals surface area contributed by atoms with Crippen LogP contribution in [0.15, 0.2) is 82.1 Å². The van der Waals surface area contributed by atoms with Gasteiger partial charge in [0.15, 0.2) is 0 Å². The van der Waals surface area contributed by atoms with Crippen molar-refractivity contribution >= 4 is 11.0 Å². The van der Waals surface area contributed by atoms with Crippen molar-refractivity contribution in [3.8, 4) is 16.9 Å². The SMILES string of the molecule is O=c1cc(-c2ccccc2)c2ccc3c(c2o1)CN(Cc1ccccn1)CO3. The zero-order valence-electron chi connectivity index (χ0n) is 15.2. The van der Waals surface area contributed by atoms with E-state index >= 15 is 0 Å². The number of hydrogen-bond acceptors (Lipinski definition) is 5. The Kier molecular flexibility index (Phi) is 4.14. The van der Waals surface area contributed by atoms with Gasteiger partial charge in [-0.3, -0.25) is 9.88 Å². The van der Waals surface area contributed by atoms with Crippen LogP contribution in [-0.4, -0.2) is 16.6 Å². The number of hydrogen-bond donors (Lipinski definition) is 0. The minimum absolute atomic E-state index is 0.360. The van der Waals surface area contributed by atoms with Gasteiger partial charge in [0.25, 0.3) is 0 Å². The summed E-state index contributed by atoms with van der Waals surface area (Å²) in [6.45, 7) is 1.77. The topological polar surface area (TPSA) is 55.6 Å². The molecule has 28 heavy (non-hydrogen) atoms. The zero-order valence-corrected chi connectivity index (χ0v) is 15.2. The maximum absolute atomic E-state index is 12.3. The molecule has 0 N–H and O–H groups in total. The fourth-order valence-electron chi connectivity index (χ4n) is 3.66. The van der Waals surface area contributed by atoms with Crippen molar-refractivity contribution in [3.63, 3.8) is 0 Å². The van der Waals surface area contributed by atoms with E-state index in [9.17, 15) is 4.79 Å². The lowest BCUT2D eigenvalue weighted by molar-refractivity contribution is 0.0878. The highest BCUT2D eigenvalue weighted by atomic mass is 16.5. The maximum atomic E-state index is 12.3. The first-order valence-electron chi connectivity index (χ1n) is 9.18. The third-order valence-electron chi connectivity index (χ3n) is 4.95. The Labute approximate surface area is 161 Å². The minimum Gasteiger partial charge on any atom is -0.478 e. The first kappa shape index (κ1) is 16.7. The summed E-state index contributed by atoms with van der Waals surface area (Å²) in [5.41, 5.74) is 3.96. The Morgan fingerprint density at radius 1 is 1.00 bits per heavy atom. The van der Waals surface area contributed by atoms with Gasteiger partial charge >= 0.3 is 5.63 Å². The lowest BCUT2D eigenvalue weighted by Crippen LogP contribution is -2.32. The predicted molar refractivity (Wildman–Crippen MR) is 107 cm³/mol. The standard InChI is InChI=1S/C23H18N2O3/c26-22-12-19(16-6-2-1-3-7-16)18-9-10-21-20(23(18)28-22)14-25(15-27-21)13-17-8-4-5-11-24-17/h1-12H,13-15H2. The highest BCUT2D eigenvalue weighted by molar-refractivity contribution is 5.95. The molecule has 0 radical (unpaired) electrons. The van der Waals surface area contributed by atoms with Crippen LogP contribution in [0.4, 0.5) is 0 Å². The monoisotopic (exact) mass is 370 g/mol. The van der Waals surface area contributed by atoms with E-state index in [0.717, 1.165) is 33.5 Å². The van der Waals surface area contributed by atoms with E-state index in [1.54, 1.807) is 12.3 Å². The largest absolute Gasteiger partial charge is 0.478 e. The Balaban J connectivity index is 1.59. The fourth-order valence-corrected chi connectivity index (χ4v) is 3.66. The van der Waals surface area contributed by atoms with Gasteiger partial charge in [0.1, 0.15) is 18.1 Å². The maximum Gasteiger partial charge on any atom is 0.336 e. The molecule has 3 heterocycles. The van der Waals surface area contributed by atoms with Gasteiger partial charge in [0.2, 0.25) is 0 Å². The van der Waals surface area contributed by atoms with E-state index in [1.165, 1.54) is 0 Å². The summed E-state index contributed by atoms with van der Waals surface area (Å²) in [7, 11) is 0. The van der Waals surface area contributed by atoms with E-state index in [0.29, 0.717) is 25.4 Å². The highest BCUT2D eigenvalue weighted by Crippen LogP contribution is 2.36. The van der Waals surface area contributed by atoms with Crippen LogP contribution in [0.1, 0.15) is 11.3 Å². The van der Waals surface area contributed by atoms with Crippen molar-refractivity contribution in [2.45, 2.75) is 13.1 Å². The number of benzene rings is 2. The van der Waals surface area contributed by atoms with Crippen LogP contribution >= 0.6 is 0 Å². The van der Waals surface area contributed by atoms with Crippen LogP contribution in [0.25, 0.3) is 22.1 Å². The van der Waals surface area contributed by atoms with Crippen LogP contribution in [0, 0.1) is 0 Å². The quantitative estimate of drug-likeness (QED) is 0.506. The number of nitrogens with zero attached hydrogens (tertiary/aromatic N) is 2. The molecule has 0 fully saturated rings. The summed E-state index contributed by atoms with van der Waals surface area (Å²) in [4.78, 5) is 18.8. The third kappa shape index (κ3) is 3.06. The number of fused-ring (bicyclic) bond motifs is 3. The molecule has 5 nitrogen and oxygen atoms in total. The van der Waals surface area contributed by atoms with Gasteiger partial charge in [-0.25, -0.2) is 4.79 Å². The van der Waals surface area contributed by atoms with E-state index in [4.69, 9.17) is 9.15 Å².